The minimum absolute atomic E-state index is 0.272. The van der Waals surface area contributed by atoms with Crippen LogP contribution in [0.2, 0.25) is 0 Å². The summed E-state index contributed by atoms with van der Waals surface area (Å²) in [6.45, 7) is 1.30. The highest BCUT2D eigenvalue weighted by molar-refractivity contribution is 5.85. The number of para-hydroxylation sites is 1. The average molecular weight is 230 g/mol. The SMILES string of the molecule is OCCCC1NCCc2c1[nH]c1ccccc21. The van der Waals surface area contributed by atoms with Crippen molar-refractivity contribution in [2.24, 2.45) is 0 Å². The van der Waals surface area contributed by atoms with Gasteiger partial charge in [-0.2, -0.15) is 0 Å². The second kappa shape index (κ2) is 4.51. The Bertz CT molecular complexity index is 518. The number of hydrogen-bond acceptors (Lipinski definition) is 2. The standard InChI is InChI=1S/C14H18N2O/c17-9-3-6-13-14-11(7-8-15-13)10-4-1-2-5-12(10)16-14/h1-2,4-5,13,15-17H,3,6-9H2. The van der Waals surface area contributed by atoms with E-state index in [2.05, 4.69) is 34.6 Å². The lowest BCUT2D eigenvalue weighted by Gasteiger charge is -2.24. The Kier molecular flexibility index (Phi) is 2.87. The van der Waals surface area contributed by atoms with Gasteiger partial charge in [0.15, 0.2) is 0 Å². The molecule has 3 N–H and O–H groups in total. The summed E-state index contributed by atoms with van der Waals surface area (Å²) in [5.74, 6) is 0. The maximum absolute atomic E-state index is 8.95. The quantitative estimate of drug-likeness (QED) is 0.756. The molecule has 2 heterocycles. The van der Waals surface area contributed by atoms with Crippen molar-refractivity contribution < 1.29 is 5.11 Å². The highest BCUT2D eigenvalue weighted by Crippen LogP contribution is 2.31. The Labute approximate surface area is 101 Å². The van der Waals surface area contributed by atoms with Gasteiger partial charge < -0.3 is 15.4 Å². The van der Waals surface area contributed by atoms with Gasteiger partial charge in [0.1, 0.15) is 0 Å². The van der Waals surface area contributed by atoms with Crippen LogP contribution in [0, 0.1) is 0 Å². The first kappa shape index (κ1) is 10.8. The number of aliphatic hydroxyl groups excluding tert-OH is 1. The summed E-state index contributed by atoms with van der Waals surface area (Å²) in [4.78, 5) is 3.53. The van der Waals surface area contributed by atoms with E-state index in [1.807, 2.05) is 0 Å². The monoisotopic (exact) mass is 230 g/mol. The summed E-state index contributed by atoms with van der Waals surface area (Å²) in [6.07, 6.45) is 2.94. The van der Waals surface area contributed by atoms with Crippen molar-refractivity contribution in [1.82, 2.24) is 10.3 Å². The van der Waals surface area contributed by atoms with Crippen LogP contribution >= 0.6 is 0 Å². The predicted molar refractivity (Wildman–Crippen MR) is 69.1 cm³/mol. The summed E-state index contributed by atoms with van der Waals surface area (Å²) < 4.78 is 0. The van der Waals surface area contributed by atoms with E-state index < -0.39 is 0 Å². The van der Waals surface area contributed by atoms with E-state index in [0.29, 0.717) is 6.04 Å². The molecule has 0 radical (unpaired) electrons. The van der Waals surface area contributed by atoms with Crippen LogP contribution in [0.25, 0.3) is 10.9 Å². The number of rotatable bonds is 3. The fourth-order valence-corrected chi connectivity index (χ4v) is 2.80. The molecule has 0 aliphatic carbocycles. The van der Waals surface area contributed by atoms with E-state index in [1.54, 1.807) is 0 Å². The first-order valence-corrected chi connectivity index (χ1v) is 6.34. The van der Waals surface area contributed by atoms with E-state index in [-0.39, 0.29) is 6.61 Å². The lowest BCUT2D eigenvalue weighted by Crippen LogP contribution is -2.29. The fraction of sp³-hybridized carbons (Fsp3) is 0.429. The molecule has 1 aromatic carbocycles. The zero-order valence-corrected chi connectivity index (χ0v) is 9.87. The molecule has 1 unspecified atom stereocenters. The van der Waals surface area contributed by atoms with E-state index in [9.17, 15) is 0 Å². The van der Waals surface area contributed by atoms with Gasteiger partial charge in [-0.05, 0) is 37.4 Å². The maximum Gasteiger partial charge on any atom is 0.0477 e. The Morgan fingerprint density at radius 1 is 1.29 bits per heavy atom. The van der Waals surface area contributed by atoms with Crippen molar-refractivity contribution in [3.63, 3.8) is 0 Å². The number of fused-ring (bicyclic) bond motifs is 3. The number of benzene rings is 1. The largest absolute Gasteiger partial charge is 0.396 e. The summed E-state index contributed by atoms with van der Waals surface area (Å²) in [7, 11) is 0. The third kappa shape index (κ3) is 1.85. The van der Waals surface area contributed by atoms with Crippen LogP contribution in [0.5, 0.6) is 0 Å². The smallest absolute Gasteiger partial charge is 0.0477 e. The third-order valence-corrected chi connectivity index (χ3v) is 3.61. The zero-order chi connectivity index (χ0) is 11.7. The minimum atomic E-state index is 0.272. The first-order valence-electron chi connectivity index (χ1n) is 6.34. The molecule has 0 saturated carbocycles. The molecular formula is C14H18N2O. The predicted octanol–water partition coefficient (Wildman–Crippen LogP) is 2.13. The second-order valence-corrected chi connectivity index (χ2v) is 4.69. The zero-order valence-electron chi connectivity index (χ0n) is 9.87. The lowest BCUT2D eigenvalue weighted by atomic mass is 9.96. The minimum Gasteiger partial charge on any atom is -0.396 e. The third-order valence-electron chi connectivity index (χ3n) is 3.61. The van der Waals surface area contributed by atoms with Crippen LogP contribution in [0.3, 0.4) is 0 Å². The van der Waals surface area contributed by atoms with Gasteiger partial charge in [-0.3, -0.25) is 0 Å². The maximum atomic E-state index is 8.95. The summed E-state index contributed by atoms with van der Waals surface area (Å²) in [6, 6.07) is 8.87. The normalized spacial score (nSPS) is 19.5. The number of nitrogens with one attached hydrogen (secondary N) is 2. The van der Waals surface area contributed by atoms with E-state index >= 15 is 0 Å². The van der Waals surface area contributed by atoms with Crippen molar-refractivity contribution in [2.75, 3.05) is 13.2 Å². The van der Waals surface area contributed by atoms with Crippen molar-refractivity contribution in [3.8, 4) is 0 Å². The molecule has 3 rings (SSSR count). The summed E-state index contributed by atoms with van der Waals surface area (Å²) in [5, 5.41) is 13.8. The van der Waals surface area contributed by atoms with Gasteiger partial charge in [0.05, 0.1) is 0 Å². The molecule has 1 aliphatic heterocycles. The van der Waals surface area contributed by atoms with Crippen LogP contribution in [0.1, 0.15) is 30.1 Å². The summed E-state index contributed by atoms with van der Waals surface area (Å²) in [5.41, 5.74) is 4.02. The average Bonchev–Trinajstić information content (AvgIpc) is 2.75. The number of aromatic amines is 1. The van der Waals surface area contributed by atoms with Crippen LogP contribution in [0.4, 0.5) is 0 Å². The Hall–Kier alpha value is -1.32. The molecule has 90 valence electrons. The van der Waals surface area contributed by atoms with Crippen LogP contribution in [-0.4, -0.2) is 23.2 Å². The molecule has 3 heteroatoms. The molecule has 0 fully saturated rings. The highest BCUT2D eigenvalue weighted by Gasteiger charge is 2.22. The van der Waals surface area contributed by atoms with Gasteiger partial charge in [0, 0.05) is 29.2 Å². The van der Waals surface area contributed by atoms with E-state index in [0.717, 1.165) is 25.8 Å². The fourth-order valence-electron chi connectivity index (χ4n) is 2.80. The van der Waals surface area contributed by atoms with Crippen LogP contribution in [0.15, 0.2) is 24.3 Å². The number of H-pyrrole nitrogens is 1. The molecule has 0 amide bonds. The molecule has 0 spiro atoms. The molecular weight excluding hydrogens is 212 g/mol. The van der Waals surface area contributed by atoms with Gasteiger partial charge >= 0.3 is 0 Å². The van der Waals surface area contributed by atoms with Crippen molar-refractivity contribution in [2.45, 2.75) is 25.3 Å². The first-order chi connectivity index (χ1) is 8.40. The van der Waals surface area contributed by atoms with E-state index in [4.69, 9.17) is 5.11 Å². The molecule has 1 aromatic heterocycles. The van der Waals surface area contributed by atoms with Gasteiger partial charge in [0.25, 0.3) is 0 Å². The van der Waals surface area contributed by atoms with Crippen molar-refractivity contribution in [3.05, 3.63) is 35.5 Å². The molecule has 17 heavy (non-hydrogen) atoms. The highest BCUT2D eigenvalue weighted by atomic mass is 16.2. The van der Waals surface area contributed by atoms with Gasteiger partial charge in [-0.25, -0.2) is 0 Å². The topological polar surface area (TPSA) is 48.0 Å². The van der Waals surface area contributed by atoms with Gasteiger partial charge in [-0.15, -0.1) is 0 Å². The summed E-state index contributed by atoms with van der Waals surface area (Å²) >= 11 is 0. The molecule has 1 aliphatic rings. The Morgan fingerprint density at radius 2 is 2.18 bits per heavy atom. The van der Waals surface area contributed by atoms with E-state index in [1.165, 1.54) is 22.2 Å². The molecule has 1 atom stereocenters. The van der Waals surface area contributed by atoms with Crippen LogP contribution in [-0.2, 0) is 6.42 Å². The number of aliphatic hydroxyl groups is 1. The molecule has 0 saturated heterocycles. The van der Waals surface area contributed by atoms with Gasteiger partial charge in [0.2, 0.25) is 0 Å². The van der Waals surface area contributed by atoms with Gasteiger partial charge in [-0.1, -0.05) is 18.2 Å². The number of aromatic nitrogens is 1. The molecule has 2 aromatic rings. The second-order valence-electron chi connectivity index (χ2n) is 4.69. The number of hydrogen-bond donors (Lipinski definition) is 3. The Balaban J connectivity index is 2.02. The van der Waals surface area contributed by atoms with Crippen molar-refractivity contribution >= 4 is 10.9 Å². The lowest BCUT2D eigenvalue weighted by molar-refractivity contribution is 0.273. The molecule has 0 bridgehead atoms. The molecule has 3 nitrogen and oxygen atoms in total. The Morgan fingerprint density at radius 3 is 3.06 bits per heavy atom. The van der Waals surface area contributed by atoms with Crippen LogP contribution < -0.4 is 5.32 Å². The van der Waals surface area contributed by atoms with Crippen molar-refractivity contribution in [1.29, 1.82) is 0 Å².